The first kappa shape index (κ1) is 12.7. The minimum Gasteiger partial charge on any atom is -0.447 e. The van der Waals surface area contributed by atoms with E-state index in [1.807, 2.05) is 0 Å². The maximum Gasteiger partial charge on any atom is 0.586 e. The highest BCUT2D eigenvalue weighted by Gasteiger charge is 2.45. The van der Waals surface area contributed by atoms with Crippen molar-refractivity contribution in [2.45, 2.75) is 12.3 Å². The number of amides is 1. The number of carbonyl (C=O) groups excluding carboxylic acids is 1. The van der Waals surface area contributed by atoms with E-state index in [4.69, 9.17) is 4.74 Å². The molecule has 0 spiro atoms. The molecule has 0 aliphatic carbocycles. The molecule has 3 rings (SSSR count). The molecule has 8 heteroatoms. The van der Waals surface area contributed by atoms with Crippen molar-refractivity contribution in [1.29, 1.82) is 0 Å². The van der Waals surface area contributed by atoms with Gasteiger partial charge in [-0.05, 0) is 6.07 Å². The first-order chi connectivity index (χ1) is 8.05. The van der Waals surface area contributed by atoms with Crippen molar-refractivity contribution in [2.24, 2.45) is 0 Å². The van der Waals surface area contributed by atoms with Gasteiger partial charge in [0.1, 0.15) is 6.61 Å². The van der Waals surface area contributed by atoms with Crippen LogP contribution in [-0.2, 0) is 4.74 Å². The maximum atomic E-state index is 12.9. The molecule has 1 saturated heterocycles. The number of alkyl halides is 2. The number of para-hydroxylation sites is 1. The summed E-state index contributed by atoms with van der Waals surface area (Å²) < 4.78 is 39.3. The van der Waals surface area contributed by atoms with Crippen molar-refractivity contribution < 1.29 is 27.8 Å². The molecule has 2 aliphatic heterocycles. The van der Waals surface area contributed by atoms with Gasteiger partial charge in [-0.1, -0.05) is 12.1 Å². The van der Waals surface area contributed by atoms with Gasteiger partial charge in [-0.3, -0.25) is 0 Å². The molecule has 1 amide bonds. The Hall–Kier alpha value is -1.76. The van der Waals surface area contributed by atoms with Crippen molar-refractivity contribution >= 4 is 18.5 Å². The molecule has 1 aromatic carbocycles. The zero-order valence-electron chi connectivity index (χ0n) is 8.81. The summed E-state index contributed by atoms with van der Waals surface area (Å²) in [5, 5.41) is 2.49. The highest BCUT2D eigenvalue weighted by Crippen LogP contribution is 2.45. The van der Waals surface area contributed by atoms with Gasteiger partial charge in [0.15, 0.2) is 11.5 Å². The third-order valence-electron chi connectivity index (χ3n) is 2.51. The molecule has 0 unspecified atom stereocenters. The standard InChI is InChI=1S/C10H7F2NO4.ClH/c11-10(12)16-7-3-1-2-5(8(7)17-10)6-4-15-9(14)13-6;/h1-3,6H,4H2,(H,13,14);1H/t6-;/m0./s1. The van der Waals surface area contributed by atoms with E-state index in [1.54, 1.807) is 12.1 Å². The second-order valence-electron chi connectivity index (χ2n) is 3.64. The molecule has 2 aliphatic rings. The van der Waals surface area contributed by atoms with Crippen LogP contribution in [0.4, 0.5) is 13.6 Å². The second-order valence-corrected chi connectivity index (χ2v) is 3.64. The van der Waals surface area contributed by atoms with Crippen LogP contribution in [0.1, 0.15) is 11.6 Å². The van der Waals surface area contributed by atoms with Crippen LogP contribution in [0.3, 0.4) is 0 Å². The molecular weight excluding hydrogens is 272 g/mol. The van der Waals surface area contributed by atoms with Crippen LogP contribution in [0.15, 0.2) is 18.2 Å². The molecule has 2 heterocycles. The van der Waals surface area contributed by atoms with Crippen molar-refractivity contribution in [1.82, 2.24) is 5.32 Å². The van der Waals surface area contributed by atoms with Gasteiger partial charge in [-0.15, -0.1) is 21.2 Å². The van der Waals surface area contributed by atoms with E-state index in [9.17, 15) is 13.6 Å². The van der Waals surface area contributed by atoms with Crippen LogP contribution < -0.4 is 14.8 Å². The number of benzene rings is 1. The van der Waals surface area contributed by atoms with Gasteiger partial charge in [0.2, 0.25) is 0 Å². The SMILES string of the molecule is Cl.O=C1N[C@H](c2cccc3c2OC(F)(F)O3)CO1. The zero-order chi connectivity index (χ0) is 12.0. The van der Waals surface area contributed by atoms with Gasteiger partial charge in [0.25, 0.3) is 0 Å². The molecule has 0 radical (unpaired) electrons. The third kappa shape index (κ3) is 2.01. The Morgan fingerprint density at radius 2 is 2.11 bits per heavy atom. The maximum absolute atomic E-state index is 12.9. The third-order valence-corrected chi connectivity index (χ3v) is 2.51. The van der Waals surface area contributed by atoms with E-state index in [1.165, 1.54) is 6.07 Å². The number of hydrogen-bond donors (Lipinski definition) is 1. The lowest BCUT2D eigenvalue weighted by Crippen LogP contribution is -2.26. The topological polar surface area (TPSA) is 56.8 Å². The minimum atomic E-state index is -3.66. The number of cyclic esters (lactones) is 1. The Morgan fingerprint density at radius 3 is 2.78 bits per heavy atom. The Balaban J connectivity index is 0.00000120. The molecular formula is C10H8ClF2NO4. The van der Waals surface area contributed by atoms with Gasteiger partial charge in [-0.2, -0.15) is 0 Å². The molecule has 5 nitrogen and oxygen atoms in total. The van der Waals surface area contributed by atoms with Crippen molar-refractivity contribution in [3.8, 4) is 11.5 Å². The van der Waals surface area contributed by atoms with Gasteiger partial charge >= 0.3 is 12.4 Å². The van der Waals surface area contributed by atoms with E-state index in [2.05, 4.69) is 14.8 Å². The fourth-order valence-corrected chi connectivity index (χ4v) is 1.82. The van der Waals surface area contributed by atoms with Crippen LogP contribution in [0.25, 0.3) is 0 Å². The molecule has 1 N–H and O–H groups in total. The summed E-state index contributed by atoms with van der Waals surface area (Å²) >= 11 is 0. The molecule has 0 aromatic heterocycles. The molecule has 0 bridgehead atoms. The Kier molecular flexibility index (Phi) is 2.94. The van der Waals surface area contributed by atoms with Crippen LogP contribution in [0, 0.1) is 0 Å². The smallest absolute Gasteiger partial charge is 0.447 e. The monoisotopic (exact) mass is 279 g/mol. The number of alkyl carbamates (subject to hydrolysis) is 1. The summed E-state index contributed by atoms with van der Waals surface area (Å²) in [6, 6.07) is 3.99. The highest BCUT2D eigenvalue weighted by atomic mass is 35.5. The van der Waals surface area contributed by atoms with E-state index in [-0.39, 0.29) is 30.5 Å². The van der Waals surface area contributed by atoms with E-state index in [0.717, 1.165) is 0 Å². The number of fused-ring (bicyclic) bond motifs is 1. The predicted octanol–water partition coefficient (Wildman–Crippen LogP) is 2.21. The lowest BCUT2D eigenvalue weighted by molar-refractivity contribution is -0.287. The normalized spacial score (nSPS) is 23.0. The second kappa shape index (κ2) is 4.16. The Bertz CT molecular complexity index is 497. The van der Waals surface area contributed by atoms with Gasteiger partial charge < -0.3 is 19.5 Å². The zero-order valence-corrected chi connectivity index (χ0v) is 9.63. The average molecular weight is 280 g/mol. The lowest BCUT2D eigenvalue weighted by atomic mass is 10.1. The van der Waals surface area contributed by atoms with E-state index < -0.39 is 18.4 Å². The predicted molar refractivity (Wildman–Crippen MR) is 57.1 cm³/mol. The fourth-order valence-electron chi connectivity index (χ4n) is 1.82. The summed E-state index contributed by atoms with van der Waals surface area (Å²) in [6.45, 7) is 0.0736. The fraction of sp³-hybridized carbons (Fsp3) is 0.300. The summed E-state index contributed by atoms with van der Waals surface area (Å²) in [4.78, 5) is 10.9. The molecule has 1 fully saturated rings. The van der Waals surface area contributed by atoms with Crippen LogP contribution >= 0.6 is 12.4 Å². The number of carbonyl (C=O) groups is 1. The van der Waals surface area contributed by atoms with Crippen LogP contribution in [0.5, 0.6) is 11.5 Å². The largest absolute Gasteiger partial charge is 0.586 e. The van der Waals surface area contributed by atoms with Crippen LogP contribution in [-0.4, -0.2) is 19.0 Å². The minimum absolute atomic E-state index is 0. The number of halogens is 3. The quantitative estimate of drug-likeness (QED) is 0.856. The molecule has 1 aromatic rings. The van der Waals surface area contributed by atoms with Crippen molar-refractivity contribution in [2.75, 3.05) is 6.61 Å². The number of rotatable bonds is 1. The molecule has 1 atom stereocenters. The molecule has 18 heavy (non-hydrogen) atoms. The van der Waals surface area contributed by atoms with E-state index in [0.29, 0.717) is 5.56 Å². The molecule has 98 valence electrons. The van der Waals surface area contributed by atoms with Gasteiger partial charge in [-0.25, -0.2) is 4.79 Å². The Labute approximate surface area is 106 Å². The van der Waals surface area contributed by atoms with Gasteiger partial charge in [0.05, 0.1) is 6.04 Å². The van der Waals surface area contributed by atoms with Crippen LogP contribution in [0.2, 0.25) is 0 Å². The van der Waals surface area contributed by atoms with Gasteiger partial charge in [0, 0.05) is 5.56 Å². The average Bonchev–Trinajstić information content (AvgIpc) is 2.78. The lowest BCUT2D eigenvalue weighted by Gasteiger charge is -2.10. The highest BCUT2D eigenvalue weighted by molar-refractivity contribution is 5.85. The summed E-state index contributed by atoms with van der Waals surface area (Å²) in [5.74, 6) is -0.109. The first-order valence-corrected chi connectivity index (χ1v) is 4.87. The summed E-state index contributed by atoms with van der Waals surface area (Å²) in [6.07, 6.45) is -4.25. The number of nitrogens with one attached hydrogen (secondary N) is 1. The van der Waals surface area contributed by atoms with Crippen molar-refractivity contribution in [3.63, 3.8) is 0 Å². The summed E-state index contributed by atoms with van der Waals surface area (Å²) in [5.41, 5.74) is 0.408. The summed E-state index contributed by atoms with van der Waals surface area (Å²) in [7, 11) is 0. The first-order valence-electron chi connectivity index (χ1n) is 4.87. The molecule has 0 saturated carbocycles. The number of hydrogen-bond acceptors (Lipinski definition) is 4. The Morgan fingerprint density at radius 1 is 1.33 bits per heavy atom. The van der Waals surface area contributed by atoms with Crippen molar-refractivity contribution in [3.05, 3.63) is 23.8 Å². The number of ether oxygens (including phenoxy) is 3. The van der Waals surface area contributed by atoms with E-state index >= 15 is 0 Å².